The fourth-order valence-electron chi connectivity index (χ4n) is 2.53. The van der Waals surface area contributed by atoms with E-state index in [2.05, 4.69) is 0 Å². The molecule has 1 aromatic heterocycles. The molecule has 22 heavy (non-hydrogen) atoms. The highest BCUT2D eigenvalue weighted by Gasteiger charge is 2.19. The van der Waals surface area contributed by atoms with Gasteiger partial charge in [0.15, 0.2) is 0 Å². The van der Waals surface area contributed by atoms with Crippen LogP contribution in [0.3, 0.4) is 0 Å². The van der Waals surface area contributed by atoms with E-state index in [0.717, 1.165) is 5.56 Å². The highest BCUT2D eigenvalue weighted by Crippen LogP contribution is 2.26. The number of nitrogens with zero attached hydrogens (tertiary/aromatic N) is 1. The second kappa shape index (κ2) is 5.37. The Balaban J connectivity index is 2.33. The van der Waals surface area contributed by atoms with Crippen LogP contribution >= 0.6 is 0 Å². The summed E-state index contributed by atoms with van der Waals surface area (Å²) in [4.78, 5) is 24.1. The molecule has 1 amide bonds. The number of nitrogens with two attached hydrogens (primary N) is 1. The quantitative estimate of drug-likeness (QED) is 0.773. The van der Waals surface area contributed by atoms with Crippen LogP contribution in [-0.2, 0) is 6.54 Å². The Morgan fingerprint density at radius 1 is 1.05 bits per heavy atom. The predicted octanol–water partition coefficient (Wildman–Crippen LogP) is 1.85. The molecule has 3 aromatic rings. The lowest BCUT2D eigenvalue weighted by Gasteiger charge is -2.13. The topological polar surface area (TPSA) is 85.3 Å². The number of primary amides is 1. The maximum absolute atomic E-state index is 12.6. The van der Waals surface area contributed by atoms with Gasteiger partial charge in [-0.25, -0.2) is 0 Å². The minimum Gasteiger partial charge on any atom is -0.506 e. The molecule has 0 bridgehead atoms. The van der Waals surface area contributed by atoms with Gasteiger partial charge in [-0.15, -0.1) is 0 Å². The van der Waals surface area contributed by atoms with E-state index in [1.807, 2.05) is 30.3 Å². The Morgan fingerprint density at radius 2 is 1.68 bits per heavy atom. The fourth-order valence-corrected chi connectivity index (χ4v) is 2.53. The van der Waals surface area contributed by atoms with Gasteiger partial charge in [0.1, 0.15) is 11.3 Å². The van der Waals surface area contributed by atoms with Gasteiger partial charge in [0.2, 0.25) is 0 Å². The molecule has 0 aliphatic rings. The number of fused-ring (bicyclic) bond motifs is 1. The fraction of sp³-hybridized carbons (Fsp3) is 0.0588. The number of amides is 1. The number of rotatable bonds is 3. The highest BCUT2D eigenvalue weighted by atomic mass is 16.3. The summed E-state index contributed by atoms with van der Waals surface area (Å²) < 4.78 is 1.45. The maximum atomic E-state index is 12.6. The Kier molecular flexibility index (Phi) is 3.39. The van der Waals surface area contributed by atoms with Crippen LogP contribution in [0, 0.1) is 0 Å². The van der Waals surface area contributed by atoms with Crippen molar-refractivity contribution < 1.29 is 9.90 Å². The summed E-state index contributed by atoms with van der Waals surface area (Å²) in [6.07, 6.45) is 0. The Morgan fingerprint density at radius 3 is 2.36 bits per heavy atom. The largest absolute Gasteiger partial charge is 0.506 e. The monoisotopic (exact) mass is 294 g/mol. The lowest BCUT2D eigenvalue weighted by Crippen LogP contribution is -2.30. The first-order chi connectivity index (χ1) is 10.6. The molecule has 0 saturated heterocycles. The van der Waals surface area contributed by atoms with Crippen molar-refractivity contribution in [3.05, 3.63) is 76.1 Å². The molecule has 0 atom stereocenters. The van der Waals surface area contributed by atoms with Crippen LogP contribution < -0.4 is 11.3 Å². The van der Waals surface area contributed by atoms with Crippen LogP contribution in [0.1, 0.15) is 15.9 Å². The van der Waals surface area contributed by atoms with Crippen molar-refractivity contribution in [2.45, 2.75) is 6.54 Å². The Hall–Kier alpha value is -3.08. The average Bonchev–Trinajstić information content (AvgIpc) is 2.52. The van der Waals surface area contributed by atoms with E-state index in [9.17, 15) is 14.7 Å². The van der Waals surface area contributed by atoms with Gasteiger partial charge in [-0.3, -0.25) is 9.59 Å². The number of carbonyl (C=O) groups excluding carboxylic acids is 1. The number of aromatic nitrogens is 1. The molecule has 0 aliphatic carbocycles. The maximum Gasteiger partial charge on any atom is 0.268 e. The Labute approximate surface area is 126 Å². The van der Waals surface area contributed by atoms with Crippen molar-refractivity contribution in [3.63, 3.8) is 0 Å². The third kappa shape index (κ3) is 2.22. The van der Waals surface area contributed by atoms with Gasteiger partial charge in [0.25, 0.3) is 11.5 Å². The van der Waals surface area contributed by atoms with Gasteiger partial charge in [0, 0.05) is 5.39 Å². The molecule has 5 heteroatoms. The number of aromatic hydroxyl groups is 1. The van der Waals surface area contributed by atoms with E-state index in [-0.39, 0.29) is 11.3 Å². The van der Waals surface area contributed by atoms with Crippen LogP contribution in [0.15, 0.2) is 59.4 Å². The lowest BCUT2D eigenvalue weighted by atomic mass is 10.1. The molecule has 2 aromatic carbocycles. The summed E-state index contributed by atoms with van der Waals surface area (Å²) in [5, 5.41) is 10.6. The third-order valence-electron chi connectivity index (χ3n) is 3.58. The summed E-state index contributed by atoms with van der Waals surface area (Å²) in [6.45, 7) is 0.292. The van der Waals surface area contributed by atoms with Crippen molar-refractivity contribution >= 4 is 16.8 Å². The second-order valence-corrected chi connectivity index (χ2v) is 4.98. The number of benzene rings is 2. The van der Waals surface area contributed by atoms with E-state index in [1.54, 1.807) is 24.3 Å². The molecule has 0 radical (unpaired) electrons. The van der Waals surface area contributed by atoms with Crippen LogP contribution in [0.4, 0.5) is 0 Å². The summed E-state index contributed by atoms with van der Waals surface area (Å²) in [7, 11) is 0. The van der Waals surface area contributed by atoms with Crippen molar-refractivity contribution in [1.29, 1.82) is 0 Å². The molecule has 0 fully saturated rings. The first-order valence-corrected chi connectivity index (χ1v) is 6.78. The van der Waals surface area contributed by atoms with Crippen LogP contribution in [-0.4, -0.2) is 15.6 Å². The molecular weight excluding hydrogens is 280 g/mol. The molecule has 3 rings (SSSR count). The molecule has 0 aliphatic heterocycles. The first-order valence-electron chi connectivity index (χ1n) is 6.78. The van der Waals surface area contributed by atoms with E-state index in [4.69, 9.17) is 5.73 Å². The van der Waals surface area contributed by atoms with E-state index in [1.165, 1.54) is 4.57 Å². The van der Waals surface area contributed by atoms with Crippen LogP contribution in [0.2, 0.25) is 0 Å². The zero-order valence-corrected chi connectivity index (χ0v) is 11.7. The third-order valence-corrected chi connectivity index (χ3v) is 3.58. The van der Waals surface area contributed by atoms with E-state index in [0.29, 0.717) is 17.4 Å². The number of carbonyl (C=O) groups is 1. The molecule has 110 valence electrons. The van der Waals surface area contributed by atoms with Gasteiger partial charge in [-0.1, -0.05) is 42.5 Å². The molecule has 0 saturated carbocycles. The van der Waals surface area contributed by atoms with Crippen LogP contribution in [0.5, 0.6) is 5.75 Å². The first kappa shape index (κ1) is 13.9. The minimum atomic E-state index is -0.935. The van der Waals surface area contributed by atoms with Gasteiger partial charge in [-0.05, 0) is 17.7 Å². The molecule has 0 unspecified atom stereocenters. The van der Waals surface area contributed by atoms with E-state index < -0.39 is 11.5 Å². The number of pyridine rings is 1. The standard InChI is InChI=1S/C17H14N2O3/c18-16(21)14-15(20)12-8-4-5-9-13(12)19(17(14)22)10-11-6-2-1-3-7-11/h1-9,20H,10H2,(H2,18,21). The smallest absolute Gasteiger partial charge is 0.268 e. The normalized spacial score (nSPS) is 10.7. The summed E-state index contributed by atoms with van der Waals surface area (Å²) >= 11 is 0. The number of para-hydroxylation sites is 1. The molecular formula is C17H14N2O3. The Bertz CT molecular complexity index is 914. The molecule has 1 heterocycles. The zero-order chi connectivity index (χ0) is 15.7. The zero-order valence-electron chi connectivity index (χ0n) is 11.7. The molecule has 5 nitrogen and oxygen atoms in total. The average molecular weight is 294 g/mol. The van der Waals surface area contributed by atoms with Gasteiger partial charge in [0.05, 0.1) is 12.1 Å². The summed E-state index contributed by atoms with van der Waals surface area (Å²) in [6, 6.07) is 16.3. The van der Waals surface area contributed by atoms with Crippen molar-refractivity contribution in [1.82, 2.24) is 4.57 Å². The van der Waals surface area contributed by atoms with Crippen molar-refractivity contribution in [3.8, 4) is 5.75 Å². The number of hydrogen-bond donors (Lipinski definition) is 2. The van der Waals surface area contributed by atoms with E-state index >= 15 is 0 Å². The molecule has 0 spiro atoms. The highest BCUT2D eigenvalue weighted by molar-refractivity contribution is 6.01. The van der Waals surface area contributed by atoms with Gasteiger partial charge >= 0.3 is 0 Å². The molecule has 3 N–H and O–H groups in total. The lowest BCUT2D eigenvalue weighted by molar-refractivity contribution is 0.0996. The van der Waals surface area contributed by atoms with Gasteiger partial charge in [-0.2, -0.15) is 0 Å². The SMILES string of the molecule is NC(=O)c1c(O)c2ccccc2n(Cc2ccccc2)c1=O. The van der Waals surface area contributed by atoms with Crippen molar-refractivity contribution in [2.75, 3.05) is 0 Å². The summed E-state index contributed by atoms with van der Waals surface area (Å²) in [5.74, 6) is -1.30. The minimum absolute atomic E-state index is 0.292. The number of hydrogen-bond acceptors (Lipinski definition) is 3. The van der Waals surface area contributed by atoms with Gasteiger partial charge < -0.3 is 15.4 Å². The predicted molar refractivity (Wildman–Crippen MR) is 83.9 cm³/mol. The van der Waals surface area contributed by atoms with Crippen LogP contribution in [0.25, 0.3) is 10.9 Å². The second-order valence-electron chi connectivity index (χ2n) is 4.98. The van der Waals surface area contributed by atoms with Crippen molar-refractivity contribution in [2.24, 2.45) is 5.73 Å². The summed E-state index contributed by atoms with van der Waals surface area (Å²) in [5.41, 5.74) is 5.75.